The monoisotopic (exact) mass is 449 g/mol. The Morgan fingerprint density at radius 2 is 2.22 bits per heavy atom. The minimum atomic E-state index is 0. The molecule has 3 rings (SSSR count). The van der Waals surface area contributed by atoms with Gasteiger partial charge in [-0.15, -0.1) is 35.3 Å². The number of aliphatic imine (C=N–C) groups is 1. The molecule has 1 aromatic rings. The number of aromatic nitrogens is 1. The molecule has 23 heavy (non-hydrogen) atoms. The summed E-state index contributed by atoms with van der Waals surface area (Å²) in [6.07, 6.45) is 7.05. The second kappa shape index (κ2) is 9.17. The van der Waals surface area contributed by atoms with Gasteiger partial charge in [-0.25, -0.2) is 4.98 Å². The maximum absolute atomic E-state index is 4.39. The van der Waals surface area contributed by atoms with Crippen molar-refractivity contribution in [1.29, 1.82) is 0 Å². The topological polar surface area (TPSA) is 52.6 Å². The third kappa shape index (κ3) is 5.86. The van der Waals surface area contributed by atoms with Crippen LogP contribution < -0.4 is 10.6 Å². The van der Waals surface area contributed by atoms with Crippen LogP contribution in [0.15, 0.2) is 11.2 Å². The summed E-state index contributed by atoms with van der Waals surface area (Å²) in [4.78, 5) is 12.6. The molecule has 1 saturated carbocycles. The van der Waals surface area contributed by atoms with Gasteiger partial charge in [-0.05, 0) is 38.6 Å². The van der Waals surface area contributed by atoms with Gasteiger partial charge < -0.3 is 15.5 Å². The van der Waals surface area contributed by atoms with Gasteiger partial charge in [0.15, 0.2) is 5.96 Å². The van der Waals surface area contributed by atoms with E-state index in [0.717, 1.165) is 37.4 Å². The third-order valence-corrected chi connectivity index (χ3v) is 5.44. The lowest BCUT2D eigenvalue weighted by molar-refractivity contribution is 0.314. The average Bonchev–Trinajstić information content (AvgIpc) is 3.12. The molecule has 2 aliphatic rings. The van der Waals surface area contributed by atoms with E-state index in [4.69, 9.17) is 0 Å². The molecule has 2 fully saturated rings. The van der Waals surface area contributed by atoms with Crippen molar-refractivity contribution in [3.05, 3.63) is 16.1 Å². The summed E-state index contributed by atoms with van der Waals surface area (Å²) in [6, 6.07) is 0.907. The number of guanidine groups is 1. The molecule has 1 unspecified atom stereocenters. The number of nitrogens with zero attached hydrogens (tertiary/aromatic N) is 3. The lowest BCUT2D eigenvalue weighted by Crippen LogP contribution is -2.41. The molecular weight excluding hydrogens is 421 g/mol. The van der Waals surface area contributed by atoms with Gasteiger partial charge >= 0.3 is 0 Å². The second-order valence-corrected chi connectivity index (χ2v) is 7.69. The smallest absolute Gasteiger partial charge is 0.191 e. The Hall–Kier alpha value is -0.410. The normalized spacial score (nSPS) is 22.0. The summed E-state index contributed by atoms with van der Waals surface area (Å²) < 4.78 is 0. The Morgan fingerprint density at radius 1 is 1.39 bits per heavy atom. The zero-order valence-electron chi connectivity index (χ0n) is 14.0. The van der Waals surface area contributed by atoms with Gasteiger partial charge in [0.1, 0.15) is 0 Å². The van der Waals surface area contributed by atoms with Gasteiger partial charge in [-0.3, -0.25) is 4.99 Å². The Morgan fingerprint density at radius 3 is 2.87 bits per heavy atom. The maximum Gasteiger partial charge on any atom is 0.191 e. The van der Waals surface area contributed by atoms with Crippen LogP contribution in [-0.4, -0.2) is 55.1 Å². The van der Waals surface area contributed by atoms with Crippen LogP contribution in [0.2, 0.25) is 0 Å². The Bertz CT molecular complexity index is 514. The summed E-state index contributed by atoms with van der Waals surface area (Å²) in [5.41, 5.74) is 0. The summed E-state index contributed by atoms with van der Waals surface area (Å²) >= 11 is 1.77. The fraction of sp³-hybridized carbons (Fsp3) is 0.750. The number of halogens is 1. The number of rotatable bonds is 6. The molecule has 1 aromatic heterocycles. The predicted octanol–water partition coefficient (Wildman–Crippen LogP) is 2.26. The van der Waals surface area contributed by atoms with Crippen molar-refractivity contribution in [2.75, 3.05) is 33.2 Å². The summed E-state index contributed by atoms with van der Waals surface area (Å²) in [5.74, 6) is 1.68. The highest BCUT2D eigenvalue weighted by Gasteiger charge is 2.34. The summed E-state index contributed by atoms with van der Waals surface area (Å²) in [7, 11) is 1.84. The zero-order chi connectivity index (χ0) is 15.4. The average molecular weight is 449 g/mol. The zero-order valence-corrected chi connectivity index (χ0v) is 17.2. The third-order valence-electron chi connectivity index (χ3n) is 4.46. The molecule has 130 valence electrons. The Kier molecular flexibility index (Phi) is 7.55. The molecule has 2 N–H and O–H groups in total. The first kappa shape index (κ1) is 18.9. The molecule has 0 aromatic carbocycles. The van der Waals surface area contributed by atoms with Crippen molar-refractivity contribution in [3.8, 4) is 0 Å². The number of nitrogens with one attached hydrogen (secondary N) is 2. The quantitative estimate of drug-likeness (QED) is 0.398. The van der Waals surface area contributed by atoms with Gasteiger partial charge in [0.05, 0.1) is 5.01 Å². The predicted molar refractivity (Wildman–Crippen MR) is 108 cm³/mol. The first-order valence-corrected chi connectivity index (χ1v) is 9.16. The number of likely N-dealkylation sites (tertiary alicyclic amines) is 1. The van der Waals surface area contributed by atoms with E-state index in [-0.39, 0.29) is 24.0 Å². The number of thiazole rings is 1. The van der Waals surface area contributed by atoms with Crippen molar-refractivity contribution >= 4 is 41.3 Å². The summed E-state index contributed by atoms with van der Waals surface area (Å²) in [5, 5.41) is 8.06. The summed E-state index contributed by atoms with van der Waals surface area (Å²) in [6.45, 7) is 6.55. The standard InChI is InChI=1S/C16H27N5S.HI/c1-12-9-19-15(22-12)5-7-18-16(17-2)20-10-13-6-8-21(11-13)14-3-4-14;/h9,13-14H,3-8,10-11H2,1-2H3,(H2,17,18,20);1H. The molecule has 0 radical (unpaired) electrons. The van der Waals surface area contributed by atoms with Crippen molar-refractivity contribution in [1.82, 2.24) is 20.5 Å². The van der Waals surface area contributed by atoms with E-state index in [1.54, 1.807) is 11.3 Å². The minimum Gasteiger partial charge on any atom is -0.356 e. The second-order valence-electron chi connectivity index (χ2n) is 6.38. The minimum absolute atomic E-state index is 0. The molecule has 5 nitrogen and oxygen atoms in total. The fourth-order valence-corrected chi connectivity index (χ4v) is 3.85. The van der Waals surface area contributed by atoms with Crippen LogP contribution >= 0.6 is 35.3 Å². The van der Waals surface area contributed by atoms with E-state index in [0.29, 0.717) is 0 Å². The Balaban J connectivity index is 0.00000192. The molecule has 0 bridgehead atoms. The van der Waals surface area contributed by atoms with Gasteiger partial charge in [-0.1, -0.05) is 0 Å². The van der Waals surface area contributed by atoms with Gasteiger partial charge in [0, 0.05) is 50.2 Å². The highest BCUT2D eigenvalue weighted by Crippen LogP contribution is 2.31. The molecule has 1 aliphatic heterocycles. The van der Waals surface area contributed by atoms with Crippen LogP contribution in [0, 0.1) is 12.8 Å². The van der Waals surface area contributed by atoms with Crippen LogP contribution in [-0.2, 0) is 6.42 Å². The van der Waals surface area contributed by atoms with Crippen molar-refractivity contribution in [3.63, 3.8) is 0 Å². The number of hydrogen-bond acceptors (Lipinski definition) is 4. The Labute approximate surface area is 160 Å². The van der Waals surface area contributed by atoms with E-state index >= 15 is 0 Å². The van der Waals surface area contributed by atoms with E-state index in [1.807, 2.05) is 13.2 Å². The van der Waals surface area contributed by atoms with E-state index in [2.05, 4.69) is 32.4 Å². The van der Waals surface area contributed by atoms with Crippen LogP contribution in [0.3, 0.4) is 0 Å². The van der Waals surface area contributed by atoms with Crippen LogP contribution in [0.5, 0.6) is 0 Å². The molecule has 2 heterocycles. The molecule has 0 amide bonds. The SMILES string of the molecule is CN=C(NCCc1ncc(C)s1)NCC1CCN(C2CC2)C1.I. The van der Waals surface area contributed by atoms with Crippen LogP contribution in [0.1, 0.15) is 29.1 Å². The van der Waals surface area contributed by atoms with Crippen molar-refractivity contribution in [2.24, 2.45) is 10.9 Å². The number of aryl methyl sites for hydroxylation is 1. The molecule has 1 atom stereocenters. The first-order valence-electron chi connectivity index (χ1n) is 8.34. The van der Waals surface area contributed by atoms with Crippen LogP contribution in [0.4, 0.5) is 0 Å². The van der Waals surface area contributed by atoms with E-state index in [1.165, 1.54) is 42.2 Å². The van der Waals surface area contributed by atoms with E-state index < -0.39 is 0 Å². The van der Waals surface area contributed by atoms with E-state index in [9.17, 15) is 0 Å². The first-order chi connectivity index (χ1) is 10.7. The molecule has 0 spiro atoms. The van der Waals surface area contributed by atoms with Crippen molar-refractivity contribution < 1.29 is 0 Å². The lowest BCUT2D eigenvalue weighted by atomic mass is 10.1. The highest BCUT2D eigenvalue weighted by molar-refractivity contribution is 14.0. The van der Waals surface area contributed by atoms with Gasteiger partial charge in [0.25, 0.3) is 0 Å². The largest absolute Gasteiger partial charge is 0.356 e. The highest BCUT2D eigenvalue weighted by atomic mass is 127. The number of hydrogen-bond donors (Lipinski definition) is 2. The fourth-order valence-electron chi connectivity index (χ4n) is 3.07. The molecular formula is C16H28IN5S. The molecule has 7 heteroatoms. The lowest BCUT2D eigenvalue weighted by Gasteiger charge is -2.17. The van der Waals surface area contributed by atoms with Crippen LogP contribution in [0.25, 0.3) is 0 Å². The molecule has 1 saturated heterocycles. The van der Waals surface area contributed by atoms with Crippen molar-refractivity contribution in [2.45, 2.75) is 38.6 Å². The maximum atomic E-state index is 4.39. The molecule has 1 aliphatic carbocycles. The van der Waals surface area contributed by atoms with Gasteiger partial charge in [-0.2, -0.15) is 0 Å². The van der Waals surface area contributed by atoms with Gasteiger partial charge in [0.2, 0.25) is 0 Å².